The Morgan fingerprint density at radius 3 is 2.50 bits per heavy atom. The molecule has 0 bridgehead atoms. The lowest BCUT2D eigenvalue weighted by Gasteiger charge is -2.28. The molecule has 1 fully saturated rings. The lowest BCUT2D eigenvalue weighted by atomic mass is 10.0. The van der Waals surface area contributed by atoms with E-state index in [1.165, 1.54) is 13.2 Å². The number of hydrogen-bond acceptors (Lipinski definition) is 5. The Hall–Kier alpha value is -3.13. The van der Waals surface area contributed by atoms with Crippen molar-refractivity contribution in [1.82, 2.24) is 14.4 Å². The van der Waals surface area contributed by atoms with Crippen LogP contribution < -0.4 is 10.3 Å². The van der Waals surface area contributed by atoms with Crippen LogP contribution in [0.15, 0.2) is 35.1 Å². The standard InChI is InChI=1S/C24H29N3O5/c1-17-5-3-4-6-18(17)15-21(28)25-8-7-19-23(24(30)26-11-13-32-14-12-26)20(31-2)16-22(29)27(19)10-9-25/h3-6,16H,7-15H2,1-2H3. The van der Waals surface area contributed by atoms with E-state index in [0.29, 0.717) is 70.0 Å². The van der Waals surface area contributed by atoms with Crippen LogP contribution in [0.2, 0.25) is 0 Å². The number of pyridine rings is 1. The van der Waals surface area contributed by atoms with Gasteiger partial charge in [0.1, 0.15) is 11.3 Å². The summed E-state index contributed by atoms with van der Waals surface area (Å²) < 4.78 is 12.4. The molecule has 0 unspecified atom stereocenters. The zero-order chi connectivity index (χ0) is 22.7. The average molecular weight is 440 g/mol. The molecule has 0 radical (unpaired) electrons. The molecular weight excluding hydrogens is 410 g/mol. The molecule has 0 spiro atoms. The second-order valence-corrected chi connectivity index (χ2v) is 8.16. The number of hydrogen-bond donors (Lipinski definition) is 0. The van der Waals surface area contributed by atoms with Crippen LogP contribution in [0, 0.1) is 6.92 Å². The molecule has 3 heterocycles. The van der Waals surface area contributed by atoms with Gasteiger partial charge in [-0.15, -0.1) is 0 Å². The van der Waals surface area contributed by atoms with Crippen LogP contribution in [0.3, 0.4) is 0 Å². The number of aryl methyl sites for hydroxylation is 1. The predicted octanol–water partition coefficient (Wildman–Crippen LogP) is 1.27. The molecule has 4 rings (SSSR count). The van der Waals surface area contributed by atoms with E-state index in [-0.39, 0.29) is 23.1 Å². The van der Waals surface area contributed by atoms with E-state index < -0.39 is 0 Å². The van der Waals surface area contributed by atoms with Crippen molar-refractivity contribution in [3.63, 3.8) is 0 Å². The van der Waals surface area contributed by atoms with Crippen LogP contribution in [0.5, 0.6) is 5.75 Å². The number of fused-ring (bicyclic) bond motifs is 1. The highest BCUT2D eigenvalue weighted by Gasteiger charge is 2.29. The fraction of sp³-hybridized carbons (Fsp3) is 0.458. The van der Waals surface area contributed by atoms with Gasteiger partial charge in [0.2, 0.25) is 5.91 Å². The van der Waals surface area contributed by atoms with Gasteiger partial charge in [-0.3, -0.25) is 14.4 Å². The Labute approximate surface area is 187 Å². The summed E-state index contributed by atoms with van der Waals surface area (Å²) >= 11 is 0. The van der Waals surface area contributed by atoms with E-state index in [1.807, 2.05) is 31.2 Å². The predicted molar refractivity (Wildman–Crippen MR) is 119 cm³/mol. The maximum atomic E-state index is 13.4. The first-order valence-corrected chi connectivity index (χ1v) is 11.0. The Morgan fingerprint density at radius 2 is 1.78 bits per heavy atom. The van der Waals surface area contributed by atoms with Gasteiger partial charge >= 0.3 is 0 Å². The summed E-state index contributed by atoms with van der Waals surface area (Å²) in [5.74, 6) is 0.152. The van der Waals surface area contributed by atoms with Gasteiger partial charge in [0.15, 0.2) is 0 Å². The molecule has 1 aromatic heterocycles. The van der Waals surface area contributed by atoms with Crippen molar-refractivity contribution >= 4 is 11.8 Å². The third-order valence-corrected chi connectivity index (χ3v) is 6.28. The maximum Gasteiger partial charge on any atom is 0.259 e. The van der Waals surface area contributed by atoms with E-state index in [1.54, 1.807) is 14.4 Å². The molecule has 8 heteroatoms. The van der Waals surface area contributed by atoms with Crippen LogP contribution in [0.25, 0.3) is 0 Å². The molecule has 8 nitrogen and oxygen atoms in total. The van der Waals surface area contributed by atoms with Crippen molar-refractivity contribution in [3.05, 3.63) is 63.1 Å². The minimum Gasteiger partial charge on any atom is -0.496 e. The van der Waals surface area contributed by atoms with Gasteiger partial charge in [-0.1, -0.05) is 24.3 Å². The number of methoxy groups -OCH3 is 1. The fourth-order valence-electron chi connectivity index (χ4n) is 4.40. The zero-order valence-corrected chi connectivity index (χ0v) is 18.6. The maximum absolute atomic E-state index is 13.4. The number of benzene rings is 1. The third-order valence-electron chi connectivity index (χ3n) is 6.28. The van der Waals surface area contributed by atoms with Crippen LogP contribution >= 0.6 is 0 Å². The minimum atomic E-state index is -0.219. The summed E-state index contributed by atoms with van der Waals surface area (Å²) in [6.07, 6.45) is 0.734. The largest absolute Gasteiger partial charge is 0.496 e. The van der Waals surface area contributed by atoms with Crippen molar-refractivity contribution in [1.29, 1.82) is 0 Å². The van der Waals surface area contributed by atoms with E-state index in [2.05, 4.69) is 0 Å². The van der Waals surface area contributed by atoms with Gasteiger partial charge in [-0.05, 0) is 18.1 Å². The van der Waals surface area contributed by atoms with Crippen LogP contribution in [0.4, 0.5) is 0 Å². The summed E-state index contributed by atoms with van der Waals surface area (Å²) in [5, 5.41) is 0. The Balaban J connectivity index is 1.60. The highest BCUT2D eigenvalue weighted by molar-refractivity contribution is 5.98. The SMILES string of the molecule is COc1cc(=O)n2c(c1C(=O)N1CCOCC1)CCN(C(=O)Cc1ccccc1C)CC2. The Kier molecular flexibility index (Phi) is 6.60. The number of ether oxygens (including phenoxy) is 2. The molecule has 2 aliphatic rings. The molecule has 0 N–H and O–H groups in total. The van der Waals surface area contributed by atoms with Crippen molar-refractivity contribution in [2.45, 2.75) is 26.3 Å². The molecule has 2 aliphatic heterocycles. The molecular formula is C24H29N3O5. The monoisotopic (exact) mass is 439 g/mol. The number of aromatic nitrogens is 1. The molecule has 2 aromatic rings. The van der Waals surface area contributed by atoms with Crippen LogP contribution in [0.1, 0.15) is 27.2 Å². The molecule has 0 atom stereocenters. The van der Waals surface area contributed by atoms with Gasteiger partial charge in [0.25, 0.3) is 11.5 Å². The van der Waals surface area contributed by atoms with Crippen molar-refractivity contribution < 1.29 is 19.1 Å². The summed E-state index contributed by atoms with van der Waals surface area (Å²) in [4.78, 5) is 42.7. The molecule has 1 aromatic carbocycles. The van der Waals surface area contributed by atoms with E-state index in [4.69, 9.17) is 9.47 Å². The minimum absolute atomic E-state index is 0.0215. The molecule has 0 aliphatic carbocycles. The van der Waals surface area contributed by atoms with Gasteiger partial charge in [0.05, 0.1) is 26.7 Å². The van der Waals surface area contributed by atoms with E-state index in [0.717, 1.165) is 11.1 Å². The number of rotatable bonds is 4. The van der Waals surface area contributed by atoms with Crippen molar-refractivity contribution in [2.75, 3.05) is 46.5 Å². The van der Waals surface area contributed by atoms with Gasteiger partial charge in [0, 0.05) is 50.9 Å². The lowest BCUT2D eigenvalue weighted by Crippen LogP contribution is -2.42. The highest BCUT2D eigenvalue weighted by atomic mass is 16.5. The molecule has 2 amide bonds. The summed E-state index contributed by atoms with van der Waals surface area (Å²) in [7, 11) is 1.47. The van der Waals surface area contributed by atoms with Gasteiger partial charge in [-0.25, -0.2) is 0 Å². The molecule has 1 saturated heterocycles. The first-order chi connectivity index (χ1) is 15.5. The molecule has 0 saturated carbocycles. The zero-order valence-electron chi connectivity index (χ0n) is 18.6. The highest BCUT2D eigenvalue weighted by Crippen LogP contribution is 2.25. The molecule has 32 heavy (non-hydrogen) atoms. The van der Waals surface area contributed by atoms with Crippen LogP contribution in [-0.4, -0.2) is 72.7 Å². The third kappa shape index (κ3) is 4.41. The van der Waals surface area contributed by atoms with E-state index >= 15 is 0 Å². The Morgan fingerprint density at radius 1 is 1.03 bits per heavy atom. The second-order valence-electron chi connectivity index (χ2n) is 8.16. The van der Waals surface area contributed by atoms with Crippen LogP contribution in [-0.2, 0) is 28.9 Å². The first-order valence-electron chi connectivity index (χ1n) is 11.0. The number of amides is 2. The van der Waals surface area contributed by atoms with Crippen molar-refractivity contribution in [2.24, 2.45) is 0 Å². The quantitative estimate of drug-likeness (QED) is 0.717. The summed E-state index contributed by atoms with van der Waals surface area (Å²) in [5.41, 5.74) is 2.92. The average Bonchev–Trinajstić information content (AvgIpc) is 3.04. The summed E-state index contributed by atoms with van der Waals surface area (Å²) in [6.45, 7) is 5.20. The number of carbonyl (C=O) groups is 2. The fourth-order valence-corrected chi connectivity index (χ4v) is 4.40. The lowest BCUT2D eigenvalue weighted by molar-refractivity contribution is -0.130. The topological polar surface area (TPSA) is 81.1 Å². The number of morpholine rings is 1. The second kappa shape index (κ2) is 9.56. The number of carbonyl (C=O) groups excluding carboxylic acids is 2. The smallest absolute Gasteiger partial charge is 0.259 e. The van der Waals surface area contributed by atoms with Gasteiger partial charge in [-0.2, -0.15) is 0 Å². The van der Waals surface area contributed by atoms with E-state index in [9.17, 15) is 14.4 Å². The first kappa shape index (κ1) is 22.1. The Bertz CT molecular complexity index is 1070. The number of nitrogens with zero attached hydrogens (tertiary/aromatic N) is 3. The van der Waals surface area contributed by atoms with Crippen molar-refractivity contribution in [3.8, 4) is 5.75 Å². The van der Waals surface area contributed by atoms with Gasteiger partial charge < -0.3 is 23.8 Å². The normalized spacial score (nSPS) is 16.3. The summed E-state index contributed by atoms with van der Waals surface area (Å²) in [6, 6.07) is 9.23. The molecule has 170 valence electrons.